The van der Waals surface area contributed by atoms with Gasteiger partial charge in [-0.2, -0.15) is 5.26 Å². The van der Waals surface area contributed by atoms with Gasteiger partial charge in [-0.15, -0.1) is 6.58 Å². The van der Waals surface area contributed by atoms with E-state index in [-0.39, 0.29) is 0 Å². The molecule has 3 rings (SSSR count). The van der Waals surface area contributed by atoms with E-state index >= 15 is 0 Å². The molecule has 0 fully saturated rings. The zero-order valence-corrected chi connectivity index (χ0v) is 17.1. The molecule has 6 heteroatoms. The van der Waals surface area contributed by atoms with E-state index in [1.807, 2.05) is 42.5 Å². The number of nitrogens with zero attached hydrogens (tertiary/aromatic N) is 2. The first-order chi connectivity index (χ1) is 14.7. The van der Waals surface area contributed by atoms with Gasteiger partial charge in [0.25, 0.3) is 0 Å². The summed E-state index contributed by atoms with van der Waals surface area (Å²) in [6, 6.07) is 15.6. The van der Waals surface area contributed by atoms with Gasteiger partial charge in [0.2, 0.25) is 5.75 Å². The highest BCUT2D eigenvalue weighted by molar-refractivity contribution is 5.90. The lowest BCUT2D eigenvalue weighted by Gasteiger charge is -2.12. The van der Waals surface area contributed by atoms with Gasteiger partial charge in [-0.1, -0.05) is 24.3 Å². The number of ether oxygens (including phenoxy) is 3. The maximum Gasteiger partial charge on any atom is 0.204 e. The average Bonchev–Trinajstić information content (AvgIpc) is 3.21. The number of hydrogen-bond acceptors (Lipinski definition) is 6. The number of fused-ring (bicyclic) bond motifs is 1. The minimum absolute atomic E-state index is 0.308. The van der Waals surface area contributed by atoms with Crippen LogP contribution in [0.5, 0.6) is 11.5 Å². The number of methoxy groups -OCH3 is 2. The van der Waals surface area contributed by atoms with E-state index in [4.69, 9.17) is 18.6 Å². The fourth-order valence-corrected chi connectivity index (χ4v) is 3.15. The minimum Gasteiger partial charge on any atom is -0.493 e. The molecule has 1 unspecified atom stereocenters. The molecule has 0 N–H and O–H groups in total. The van der Waals surface area contributed by atoms with Crippen LogP contribution in [0.25, 0.3) is 11.0 Å². The molecule has 30 heavy (non-hydrogen) atoms. The number of hydrogen-bond donors (Lipinski definition) is 0. The molecule has 1 heterocycles. The lowest BCUT2D eigenvalue weighted by atomic mass is 9.98. The standard InChI is InChI=1S/C24H24N2O4/c1-4-10-29-16-20-13-21-18(12-22(27-2)24(28-3)23(21)30-20)11-17(14-25)15-26-19-8-6-5-7-9-19/h4-9,12-13,15,17H,1,10-11,16H2,2-3H3. The lowest BCUT2D eigenvalue weighted by Crippen LogP contribution is -2.04. The molecule has 0 aliphatic rings. The maximum absolute atomic E-state index is 9.66. The number of aliphatic imine (C=N–C) groups is 1. The summed E-state index contributed by atoms with van der Waals surface area (Å²) in [5, 5.41) is 10.5. The van der Waals surface area contributed by atoms with Crippen molar-refractivity contribution in [1.29, 1.82) is 5.26 Å². The molecule has 6 nitrogen and oxygen atoms in total. The van der Waals surface area contributed by atoms with Crippen LogP contribution in [0.4, 0.5) is 5.69 Å². The first-order valence-corrected chi connectivity index (χ1v) is 9.54. The molecule has 0 aliphatic carbocycles. The third kappa shape index (κ3) is 4.88. The Bertz CT molecular complexity index is 1060. The summed E-state index contributed by atoms with van der Waals surface area (Å²) in [6.07, 6.45) is 3.81. The van der Waals surface area contributed by atoms with E-state index in [1.54, 1.807) is 26.5 Å². The van der Waals surface area contributed by atoms with Gasteiger partial charge in [-0.25, -0.2) is 0 Å². The first-order valence-electron chi connectivity index (χ1n) is 9.54. The number of furan rings is 1. The molecule has 1 atom stereocenters. The number of para-hydroxylation sites is 1. The second kappa shape index (κ2) is 10.3. The minimum atomic E-state index is -0.415. The van der Waals surface area contributed by atoms with Crippen LogP contribution in [0.1, 0.15) is 11.3 Å². The van der Waals surface area contributed by atoms with Gasteiger partial charge in [0.05, 0.1) is 38.5 Å². The summed E-state index contributed by atoms with van der Waals surface area (Å²) in [5.74, 6) is 1.30. The predicted octanol–water partition coefficient (Wildman–Crippen LogP) is 5.24. The van der Waals surface area contributed by atoms with Gasteiger partial charge in [0.1, 0.15) is 12.4 Å². The maximum atomic E-state index is 9.66. The van der Waals surface area contributed by atoms with Crippen molar-refractivity contribution in [2.45, 2.75) is 13.0 Å². The van der Waals surface area contributed by atoms with Crippen LogP contribution in [0.2, 0.25) is 0 Å². The number of nitriles is 1. The zero-order valence-electron chi connectivity index (χ0n) is 17.1. The monoisotopic (exact) mass is 404 g/mol. The van der Waals surface area contributed by atoms with Crippen molar-refractivity contribution < 1.29 is 18.6 Å². The average molecular weight is 404 g/mol. The normalized spacial score (nSPS) is 12.0. The smallest absolute Gasteiger partial charge is 0.204 e. The van der Waals surface area contributed by atoms with Crippen LogP contribution in [-0.2, 0) is 17.8 Å². The summed E-state index contributed by atoms with van der Waals surface area (Å²) < 4.78 is 22.5. The Morgan fingerprint density at radius 1 is 1.20 bits per heavy atom. The summed E-state index contributed by atoms with van der Waals surface area (Å²) in [6.45, 7) is 4.38. The van der Waals surface area contributed by atoms with E-state index in [0.717, 1.165) is 16.6 Å². The molecule has 0 aliphatic heterocycles. The van der Waals surface area contributed by atoms with E-state index in [2.05, 4.69) is 17.6 Å². The van der Waals surface area contributed by atoms with Gasteiger partial charge in [0.15, 0.2) is 11.3 Å². The molecule has 1 aromatic heterocycles. The molecule has 0 saturated carbocycles. The van der Waals surface area contributed by atoms with Crippen LogP contribution in [0.15, 0.2) is 64.5 Å². The molecule has 0 bridgehead atoms. The summed E-state index contributed by atoms with van der Waals surface area (Å²) in [4.78, 5) is 4.43. The Morgan fingerprint density at radius 3 is 2.67 bits per heavy atom. The molecular formula is C24H24N2O4. The first kappa shape index (κ1) is 21.2. The van der Waals surface area contributed by atoms with Crippen molar-refractivity contribution in [3.63, 3.8) is 0 Å². The SMILES string of the molecule is C=CCOCc1cc2c(CC(C#N)C=Nc3ccccc3)cc(OC)c(OC)c2o1. The van der Waals surface area contributed by atoms with E-state index in [1.165, 1.54) is 0 Å². The molecular weight excluding hydrogens is 380 g/mol. The fourth-order valence-electron chi connectivity index (χ4n) is 3.15. The highest BCUT2D eigenvalue weighted by atomic mass is 16.5. The Balaban J connectivity index is 1.95. The van der Waals surface area contributed by atoms with Crippen LogP contribution < -0.4 is 9.47 Å². The van der Waals surface area contributed by atoms with Gasteiger partial charge in [0, 0.05) is 11.6 Å². The molecule has 0 spiro atoms. The predicted molar refractivity (Wildman–Crippen MR) is 117 cm³/mol. The second-order valence-corrected chi connectivity index (χ2v) is 6.58. The van der Waals surface area contributed by atoms with Gasteiger partial charge in [-0.3, -0.25) is 4.99 Å². The zero-order chi connectivity index (χ0) is 21.3. The molecule has 154 valence electrons. The Kier molecular flexibility index (Phi) is 7.25. The van der Waals surface area contributed by atoms with Crippen LogP contribution >= 0.6 is 0 Å². The van der Waals surface area contributed by atoms with E-state index in [0.29, 0.717) is 42.5 Å². The van der Waals surface area contributed by atoms with Crippen molar-refractivity contribution in [3.8, 4) is 17.6 Å². The van der Waals surface area contributed by atoms with Crippen molar-refractivity contribution in [2.24, 2.45) is 10.9 Å². The van der Waals surface area contributed by atoms with Gasteiger partial charge in [-0.05, 0) is 36.2 Å². The summed E-state index contributed by atoms with van der Waals surface area (Å²) in [5.41, 5.74) is 2.29. The van der Waals surface area contributed by atoms with Crippen molar-refractivity contribution in [2.75, 3.05) is 20.8 Å². The Morgan fingerprint density at radius 2 is 2.00 bits per heavy atom. The lowest BCUT2D eigenvalue weighted by molar-refractivity contribution is 0.133. The van der Waals surface area contributed by atoms with E-state index < -0.39 is 5.92 Å². The van der Waals surface area contributed by atoms with Crippen molar-refractivity contribution >= 4 is 22.9 Å². The largest absolute Gasteiger partial charge is 0.493 e. The summed E-state index contributed by atoms with van der Waals surface area (Å²) >= 11 is 0. The molecule has 0 saturated heterocycles. The quantitative estimate of drug-likeness (QED) is 0.262. The molecule has 3 aromatic rings. The second-order valence-electron chi connectivity index (χ2n) is 6.58. The molecule has 0 radical (unpaired) electrons. The van der Waals surface area contributed by atoms with Crippen LogP contribution in [0, 0.1) is 17.2 Å². The van der Waals surface area contributed by atoms with Gasteiger partial charge >= 0.3 is 0 Å². The third-order valence-electron chi connectivity index (χ3n) is 4.53. The third-order valence-corrected chi connectivity index (χ3v) is 4.53. The van der Waals surface area contributed by atoms with Crippen LogP contribution in [0.3, 0.4) is 0 Å². The summed E-state index contributed by atoms with van der Waals surface area (Å²) in [7, 11) is 3.14. The Hall–Kier alpha value is -3.56. The van der Waals surface area contributed by atoms with Crippen molar-refractivity contribution in [3.05, 3.63) is 66.4 Å². The number of benzene rings is 2. The van der Waals surface area contributed by atoms with E-state index in [9.17, 15) is 5.26 Å². The molecule has 0 amide bonds. The van der Waals surface area contributed by atoms with Crippen LogP contribution in [-0.4, -0.2) is 27.0 Å². The molecule has 2 aromatic carbocycles. The highest BCUT2D eigenvalue weighted by Crippen LogP contribution is 2.40. The highest BCUT2D eigenvalue weighted by Gasteiger charge is 2.20. The van der Waals surface area contributed by atoms with Crippen molar-refractivity contribution in [1.82, 2.24) is 0 Å². The fraction of sp³-hybridized carbons (Fsp3) is 0.250. The number of rotatable bonds is 10. The topological polar surface area (TPSA) is 77.0 Å². The van der Waals surface area contributed by atoms with Gasteiger partial charge < -0.3 is 18.6 Å². The Labute approximate surface area is 176 Å².